The average molecular weight is 660 g/mol. The van der Waals surface area contributed by atoms with Crippen molar-refractivity contribution in [3.8, 4) is 11.5 Å². The normalized spacial score (nSPS) is 18.3. The van der Waals surface area contributed by atoms with E-state index in [2.05, 4.69) is 9.48 Å². The maximum atomic E-state index is 15.8. The van der Waals surface area contributed by atoms with Crippen LogP contribution in [0.4, 0.5) is 23.2 Å². The predicted molar refractivity (Wildman–Crippen MR) is 141 cm³/mol. The lowest BCUT2D eigenvalue weighted by atomic mass is 9.81. The van der Waals surface area contributed by atoms with E-state index < -0.39 is 23.3 Å². The third-order valence-electron chi connectivity index (χ3n) is 9.44. The van der Waals surface area contributed by atoms with E-state index in [-0.39, 0.29) is 35.1 Å². The molecule has 0 aliphatic carbocycles. The van der Waals surface area contributed by atoms with Crippen molar-refractivity contribution in [2.75, 3.05) is 31.1 Å². The second-order valence-corrected chi connectivity index (χ2v) is 11.6. The molecule has 3 aromatic carbocycles. The summed E-state index contributed by atoms with van der Waals surface area (Å²) in [5, 5.41) is 1.86. The molecule has 0 spiro atoms. The molecule has 40 heavy (non-hydrogen) atoms. The number of rotatable bonds is 1. The molecule has 0 radical (unpaired) electrons. The number of halogens is 5. The summed E-state index contributed by atoms with van der Waals surface area (Å²) in [6.45, 7) is 5.29. The molecule has 0 saturated heterocycles. The lowest BCUT2D eigenvalue weighted by molar-refractivity contribution is -0.0000101. The number of anilines is 1. The molecule has 5 aliphatic heterocycles. The first-order valence-electron chi connectivity index (χ1n) is 14.2. The molecule has 8 rings (SSSR count). The van der Waals surface area contributed by atoms with Gasteiger partial charge in [-0.15, -0.1) is 0 Å². The van der Waals surface area contributed by atoms with Crippen molar-refractivity contribution in [3.63, 3.8) is 0 Å². The monoisotopic (exact) mass is 660 g/mol. The van der Waals surface area contributed by atoms with Gasteiger partial charge in [-0.1, -0.05) is 0 Å². The number of fused-ring (bicyclic) bond motifs is 4. The number of ether oxygens (including phenoxy) is 1. The molecular formula is C32H29F4IN2O. The molecule has 5 aliphatic rings. The maximum absolute atomic E-state index is 15.8. The van der Waals surface area contributed by atoms with Crippen molar-refractivity contribution in [2.24, 2.45) is 0 Å². The van der Waals surface area contributed by atoms with Gasteiger partial charge < -0.3 is 33.6 Å². The molecular weight excluding hydrogens is 631 g/mol. The van der Waals surface area contributed by atoms with Gasteiger partial charge in [0.2, 0.25) is 5.36 Å². The standard InChI is InChI=1S/C32H29F4N2O.HI/c1-16-23(26(34)28(36)27(35)25(16)33)24-21-14-17-6-2-10-37-12-4-8-19(29(17)37)31(21)39-32-20-9-5-13-38-11-3-7-18(30(20)38)15-22(24)32;/h14-15H,2-13H2,1H3;1H/q+1;/p-1. The zero-order valence-corrected chi connectivity index (χ0v) is 24.5. The lowest BCUT2D eigenvalue weighted by Gasteiger charge is -2.39. The molecule has 0 aromatic heterocycles. The highest BCUT2D eigenvalue weighted by atomic mass is 127. The van der Waals surface area contributed by atoms with Crippen LogP contribution in [-0.2, 0) is 25.7 Å². The first-order chi connectivity index (χ1) is 18.9. The van der Waals surface area contributed by atoms with Crippen LogP contribution in [0.15, 0.2) is 12.1 Å². The lowest BCUT2D eigenvalue weighted by Crippen LogP contribution is -3.00. The molecule has 0 bridgehead atoms. The maximum Gasteiger partial charge on any atom is 0.210 e. The Morgan fingerprint density at radius 1 is 0.750 bits per heavy atom. The van der Waals surface area contributed by atoms with Crippen molar-refractivity contribution < 1.29 is 46.3 Å². The van der Waals surface area contributed by atoms with E-state index in [9.17, 15) is 8.78 Å². The smallest absolute Gasteiger partial charge is 0.210 e. The van der Waals surface area contributed by atoms with E-state index in [0.717, 1.165) is 99.8 Å². The average Bonchev–Trinajstić information content (AvgIpc) is 2.96. The fraction of sp³-hybridized carbons (Fsp3) is 0.406. The van der Waals surface area contributed by atoms with Gasteiger partial charge in [-0.3, -0.25) is 0 Å². The third-order valence-corrected chi connectivity index (χ3v) is 9.44. The Balaban J connectivity index is 0.00000264. The Labute approximate surface area is 247 Å². The molecule has 3 aromatic rings. The van der Waals surface area contributed by atoms with Crippen LogP contribution >= 0.6 is 0 Å². The van der Waals surface area contributed by atoms with Crippen LogP contribution in [0, 0.1) is 30.2 Å². The summed E-state index contributed by atoms with van der Waals surface area (Å²) < 4.78 is 69.3. The first-order valence-corrected chi connectivity index (χ1v) is 14.2. The second-order valence-electron chi connectivity index (χ2n) is 11.6. The van der Waals surface area contributed by atoms with Crippen LogP contribution in [-0.4, -0.2) is 26.2 Å². The zero-order chi connectivity index (χ0) is 26.6. The van der Waals surface area contributed by atoms with Gasteiger partial charge in [0.25, 0.3) is 0 Å². The van der Waals surface area contributed by atoms with Crippen molar-refractivity contribution in [2.45, 2.75) is 58.3 Å². The van der Waals surface area contributed by atoms with Crippen LogP contribution in [0.5, 0.6) is 11.5 Å². The van der Waals surface area contributed by atoms with Crippen LogP contribution in [0.2, 0.25) is 0 Å². The number of nitrogens with zero attached hydrogens (tertiary/aromatic N) is 2. The number of aryl methyl sites for hydroxylation is 2. The Kier molecular flexibility index (Phi) is 6.22. The van der Waals surface area contributed by atoms with Crippen LogP contribution in [0.25, 0.3) is 5.57 Å². The van der Waals surface area contributed by atoms with Gasteiger partial charge in [-0.05, 0) is 68.7 Å². The molecule has 0 fully saturated rings. The molecule has 0 N–H and O–H groups in total. The molecule has 208 valence electrons. The SMILES string of the molecule is Cc1c(F)c(F)c(F)c(F)c1C1=c2cc3c4c(c2Oc2c1cc1c5c2CCCN5CCC1)CCC[N+]=4CCC3.[I-]. The topological polar surface area (TPSA) is 15.5 Å². The van der Waals surface area contributed by atoms with Crippen LogP contribution in [0.1, 0.15) is 64.6 Å². The fourth-order valence-corrected chi connectivity index (χ4v) is 7.82. The Morgan fingerprint density at radius 2 is 1.43 bits per heavy atom. The van der Waals surface area contributed by atoms with E-state index in [1.165, 1.54) is 18.0 Å². The zero-order valence-electron chi connectivity index (χ0n) is 22.3. The van der Waals surface area contributed by atoms with Gasteiger partial charge in [0.05, 0.1) is 5.56 Å². The Bertz CT molecular complexity index is 1730. The summed E-state index contributed by atoms with van der Waals surface area (Å²) in [4.78, 5) is 2.41. The largest absolute Gasteiger partial charge is 1.00 e. The summed E-state index contributed by atoms with van der Waals surface area (Å²) in [6, 6.07) is 4.08. The molecule has 0 amide bonds. The molecule has 0 atom stereocenters. The highest BCUT2D eigenvalue weighted by Gasteiger charge is 2.37. The summed E-state index contributed by atoms with van der Waals surface area (Å²) in [6.07, 6.45) is 7.39. The van der Waals surface area contributed by atoms with E-state index in [1.807, 2.05) is 12.1 Å². The van der Waals surface area contributed by atoms with Gasteiger partial charge in [0, 0.05) is 64.7 Å². The van der Waals surface area contributed by atoms with Gasteiger partial charge in [0.1, 0.15) is 24.6 Å². The number of benzene rings is 3. The fourth-order valence-electron chi connectivity index (χ4n) is 7.82. The molecule has 5 heterocycles. The summed E-state index contributed by atoms with van der Waals surface area (Å²) >= 11 is 0. The van der Waals surface area contributed by atoms with E-state index in [0.29, 0.717) is 27.9 Å². The van der Waals surface area contributed by atoms with Crippen molar-refractivity contribution >= 4 is 11.3 Å². The van der Waals surface area contributed by atoms with E-state index >= 15 is 8.78 Å². The van der Waals surface area contributed by atoms with Crippen molar-refractivity contribution in [1.82, 2.24) is 4.58 Å². The van der Waals surface area contributed by atoms with E-state index in [1.54, 1.807) is 0 Å². The van der Waals surface area contributed by atoms with Crippen molar-refractivity contribution in [1.29, 1.82) is 0 Å². The molecule has 8 heteroatoms. The highest BCUT2D eigenvalue weighted by Crippen LogP contribution is 2.49. The Morgan fingerprint density at radius 3 is 2.23 bits per heavy atom. The summed E-state index contributed by atoms with van der Waals surface area (Å²) in [5.41, 5.74) is 6.36. The first kappa shape index (κ1) is 26.3. The molecule has 3 nitrogen and oxygen atoms in total. The molecule has 0 saturated carbocycles. The van der Waals surface area contributed by atoms with Crippen molar-refractivity contribution in [3.05, 3.63) is 84.9 Å². The van der Waals surface area contributed by atoms with Crippen LogP contribution < -0.4 is 48.8 Å². The Hall–Kier alpha value is -2.62. The van der Waals surface area contributed by atoms with Gasteiger partial charge in [-0.2, -0.15) is 0 Å². The predicted octanol–water partition coefficient (Wildman–Crippen LogP) is 1.99. The second kappa shape index (κ2) is 9.46. The van der Waals surface area contributed by atoms with Gasteiger partial charge in [0.15, 0.2) is 23.3 Å². The van der Waals surface area contributed by atoms with E-state index in [4.69, 9.17) is 4.74 Å². The summed E-state index contributed by atoms with van der Waals surface area (Å²) in [7, 11) is 0. The minimum Gasteiger partial charge on any atom is -1.00 e. The van der Waals surface area contributed by atoms with Crippen LogP contribution in [0.3, 0.4) is 0 Å². The summed E-state index contributed by atoms with van der Waals surface area (Å²) in [5.74, 6) is -4.91. The number of hydrogen-bond donors (Lipinski definition) is 0. The van der Waals surface area contributed by atoms with Gasteiger partial charge in [-0.25, -0.2) is 22.1 Å². The quantitative estimate of drug-likeness (QED) is 0.102. The number of hydrogen-bond acceptors (Lipinski definition) is 2. The highest BCUT2D eigenvalue weighted by molar-refractivity contribution is 5.90. The third kappa shape index (κ3) is 3.50. The van der Waals surface area contributed by atoms with Gasteiger partial charge >= 0.3 is 0 Å². The minimum atomic E-state index is -1.77. The minimum absolute atomic E-state index is 0. The molecule has 0 unspecified atom stereocenters.